The molecule has 18 heavy (non-hydrogen) atoms. The fourth-order valence-corrected chi connectivity index (χ4v) is 3.48. The Bertz CT molecular complexity index is 404. The van der Waals surface area contributed by atoms with Crippen LogP contribution in [0.4, 0.5) is 4.39 Å². The maximum Gasteiger partial charge on any atom is 0.127 e. The largest absolute Gasteiger partial charge is 0.330 e. The molecule has 0 amide bonds. The van der Waals surface area contributed by atoms with Gasteiger partial charge in [-0.05, 0) is 73.7 Å². The molecular weight excluding hydrogens is 225 g/mol. The summed E-state index contributed by atoms with van der Waals surface area (Å²) in [6.07, 6.45) is 3.43. The van der Waals surface area contributed by atoms with Gasteiger partial charge in [0.05, 0.1) is 0 Å². The number of halogens is 1. The van der Waals surface area contributed by atoms with E-state index in [1.807, 2.05) is 13.8 Å². The summed E-state index contributed by atoms with van der Waals surface area (Å²) in [4.78, 5) is 0. The molecule has 2 rings (SSSR count). The molecule has 3 atom stereocenters. The van der Waals surface area contributed by atoms with E-state index in [-0.39, 0.29) is 5.82 Å². The smallest absolute Gasteiger partial charge is 0.127 e. The summed E-state index contributed by atoms with van der Waals surface area (Å²) >= 11 is 0. The molecular formula is C16H24FN. The van der Waals surface area contributed by atoms with Crippen LogP contribution < -0.4 is 5.73 Å². The zero-order chi connectivity index (χ0) is 13.3. The van der Waals surface area contributed by atoms with Crippen LogP contribution in [-0.2, 0) is 0 Å². The molecule has 1 fully saturated rings. The van der Waals surface area contributed by atoms with Gasteiger partial charge < -0.3 is 5.73 Å². The maximum atomic E-state index is 14.3. The Morgan fingerprint density at radius 3 is 2.61 bits per heavy atom. The second-order valence-electron chi connectivity index (χ2n) is 6.00. The molecule has 2 heteroatoms. The van der Waals surface area contributed by atoms with Crippen LogP contribution in [-0.4, -0.2) is 6.54 Å². The Morgan fingerprint density at radius 2 is 2.00 bits per heavy atom. The highest BCUT2D eigenvalue weighted by molar-refractivity contribution is 5.35. The first-order chi connectivity index (χ1) is 8.52. The fourth-order valence-electron chi connectivity index (χ4n) is 3.48. The Labute approximate surface area is 110 Å². The van der Waals surface area contributed by atoms with Gasteiger partial charge in [0.15, 0.2) is 0 Å². The van der Waals surface area contributed by atoms with Gasteiger partial charge >= 0.3 is 0 Å². The van der Waals surface area contributed by atoms with Crippen molar-refractivity contribution in [2.75, 3.05) is 6.54 Å². The van der Waals surface area contributed by atoms with Crippen LogP contribution in [0.5, 0.6) is 0 Å². The van der Waals surface area contributed by atoms with Gasteiger partial charge in [0.2, 0.25) is 0 Å². The quantitative estimate of drug-likeness (QED) is 0.844. The third-order valence-corrected chi connectivity index (χ3v) is 4.41. The van der Waals surface area contributed by atoms with Gasteiger partial charge in [-0.25, -0.2) is 4.39 Å². The molecule has 0 radical (unpaired) electrons. The third kappa shape index (κ3) is 2.59. The minimum atomic E-state index is -0.0370. The number of hydrogen-bond donors (Lipinski definition) is 1. The summed E-state index contributed by atoms with van der Waals surface area (Å²) in [5.74, 6) is 1.39. The molecule has 1 nitrogen and oxygen atoms in total. The van der Waals surface area contributed by atoms with Crippen LogP contribution in [0.15, 0.2) is 12.1 Å². The van der Waals surface area contributed by atoms with Crippen LogP contribution in [0.1, 0.15) is 48.8 Å². The van der Waals surface area contributed by atoms with Crippen LogP contribution in [0.2, 0.25) is 0 Å². The van der Waals surface area contributed by atoms with E-state index in [4.69, 9.17) is 5.73 Å². The average molecular weight is 249 g/mol. The van der Waals surface area contributed by atoms with E-state index in [9.17, 15) is 4.39 Å². The van der Waals surface area contributed by atoms with Crippen molar-refractivity contribution in [3.05, 3.63) is 34.6 Å². The van der Waals surface area contributed by atoms with Crippen molar-refractivity contribution in [2.45, 2.75) is 46.0 Å². The first kappa shape index (κ1) is 13.5. The van der Waals surface area contributed by atoms with Gasteiger partial charge in [0, 0.05) is 0 Å². The molecule has 0 heterocycles. The van der Waals surface area contributed by atoms with Gasteiger partial charge in [0.1, 0.15) is 5.82 Å². The molecule has 3 unspecified atom stereocenters. The highest BCUT2D eigenvalue weighted by atomic mass is 19.1. The van der Waals surface area contributed by atoms with E-state index < -0.39 is 0 Å². The highest BCUT2D eigenvalue weighted by Gasteiger charge is 2.31. The van der Waals surface area contributed by atoms with E-state index in [2.05, 4.69) is 13.0 Å². The SMILES string of the molecule is Cc1cc(C)c(C2CC(C)CCC2CN)c(F)c1. The third-order valence-electron chi connectivity index (χ3n) is 4.41. The topological polar surface area (TPSA) is 26.0 Å². The molecule has 2 N–H and O–H groups in total. The molecule has 0 bridgehead atoms. The lowest BCUT2D eigenvalue weighted by atomic mass is 9.70. The molecule has 100 valence electrons. The van der Waals surface area contributed by atoms with Gasteiger partial charge in [0.25, 0.3) is 0 Å². The van der Waals surface area contributed by atoms with Crippen LogP contribution in [0, 0.1) is 31.5 Å². The molecule has 1 aromatic carbocycles. The summed E-state index contributed by atoms with van der Waals surface area (Å²) in [5, 5.41) is 0. The molecule has 1 aliphatic carbocycles. The van der Waals surface area contributed by atoms with Crippen molar-refractivity contribution in [3.8, 4) is 0 Å². The second kappa shape index (κ2) is 5.40. The predicted molar refractivity (Wildman–Crippen MR) is 74.2 cm³/mol. The lowest BCUT2D eigenvalue weighted by Crippen LogP contribution is -2.29. The van der Waals surface area contributed by atoms with Gasteiger partial charge in [-0.2, -0.15) is 0 Å². The Hall–Kier alpha value is -0.890. The number of benzene rings is 1. The standard InChI is InChI=1S/C16H24FN/c1-10-4-5-13(9-18)14(7-10)16-12(3)6-11(2)8-15(16)17/h6,8,10,13-14H,4-5,7,9,18H2,1-3H3. The van der Waals surface area contributed by atoms with Gasteiger partial charge in [-0.15, -0.1) is 0 Å². The van der Waals surface area contributed by atoms with Crippen molar-refractivity contribution >= 4 is 0 Å². The monoisotopic (exact) mass is 249 g/mol. The van der Waals surface area contributed by atoms with Crippen LogP contribution in [0.25, 0.3) is 0 Å². The molecule has 0 saturated heterocycles. The van der Waals surface area contributed by atoms with E-state index in [1.165, 1.54) is 6.42 Å². The summed E-state index contributed by atoms with van der Waals surface area (Å²) in [6.45, 7) is 6.91. The zero-order valence-electron chi connectivity index (χ0n) is 11.7. The van der Waals surface area contributed by atoms with E-state index in [0.717, 1.165) is 29.5 Å². The van der Waals surface area contributed by atoms with Crippen molar-refractivity contribution in [3.63, 3.8) is 0 Å². The van der Waals surface area contributed by atoms with Crippen molar-refractivity contribution in [1.29, 1.82) is 0 Å². The zero-order valence-corrected chi connectivity index (χ0v) is 11.7. The Kier molecular flexibility index (Phi) is 4.06. The molecule has 1 aromatic rings. The number of rotatable bonds is 2. The van der Waals surface area contributed by atoms with Crippen molar-refractivity contribution < 1.29 is 4.39 Å². The maximum absolute atomic E-state index is 14.3. The molecule has 0 spiro atoms. The summed E-state index contributed by atoms with van der Waals surface area (Å²) in [6, 6.07) is 3.75. The molecule has 1 saturated carbocycles. The predicted octanol–water partition coefficient (Wildman–Crippen LogP) is 3.92. The van der Waals surface area contributed by atoms with E-state index in [0.29, 0.717) is 24.3 Å². The minimum absolute atomic E-state index is 0.0370. The molecule has 0 aliphatic heterocycles. The number of hydrogen-bond acceptors (Lipinski definition) is 1. The Morgan fingerprint density at radius 1 is 1.28 bits per heavy atom. The lowest BCUT2D eigenvalue weighted by molar-refractivity contribution is 0.249. The normalized spacial score (nSPS) is 28.4. The fraction of sp³-hybridized carbons (Fsp3) is 0.625. The van der Waals surface area contributed by atoms with Gasteiger partial charge in [-0.3, -0.25) is 0 Å². The first-order valence-electron chi connectivity index (χ1n) is 6.99. The van der Waals surface area contributed by atoms with Crippen LogP contribution >= 0.6 is 0 Å². The average Bonchev–Trinajstić information content (AvgIpc) is 2.28. The Balaban J connectivity index is 2.39. The lowest BCUT2D eigenvalue weighted by Gasteiger charge is -2.35. The summed E-state index contributed by atoms with van der Waals surface area (Å²) in [5.41, 5.74) is 8.89. The van der Waals surface area contributed by atoms with Crippen molar-refractivity contribution in [1.82, 2.24) is 0 Å². The molecule has 0 aromatic heterocycles. The summed E-state index contributed by atoms with van der Waals surface area (Å²) < 4.78 is 14.3. The number of aryl methyl sites for hydroxylation is 2. The number of nitrogens with two attached hydrogens (primary N) is 1. The van der Waals surface area contributed by atoms with Crippen molar-refractivity contribution in [2.24, 2.45) is 17.6 Å². The first-order valence-corrected chi connectivity index (χ1v) is 6.99. The minimum Gasteiger partial charge on any atom is -0.330 e. The van der Waals surface area contributed by atoms with Gasteiger partial charge in [-0.1, -0.05) is 19.4 Å². The van der Waals surface area contributed by atoms with Crippen LogP contribution in [0.3, 0.4) is 0 Å². The summed E-state index contributed by atoms with van der Waals surface area (Å²) in [7, 11) is 0. The second-order valence-corrected chi connectivity index (χ2v) is 6.00. The van der Waals surface area contributed by atoms with E-state index >= 15 is 0 Å². The highest BCUT2D eigenvalue weighted by Crippen LogP contribution is 2.42. The van der Waals surface area contributed by atoms with E-state index in [1.54, 1.807) is 6.07 Å². The molecule has 1 aliphatic rings.